The summed E-state index contributed by atoms with van der Waals surface area (Å²) in [4.78, 5) is 16.4. The van der Waals surface area contributed by atoms with Gasteiger partial charge < -0.3 is 15.1 Å². The van der Waals surface area contributed by atoms with Crippen LogP contribution in [0.2, 0.25) is 0 Å². The van der Waals surface area contributed by atoms with Gasteiger partial charge in [0.25, 0.3) is 5.91 Å². The molecule has 2 N–H and O–H groups in total. The summed E-state index contributed by atoms with van der Waals surface area (Å²) in [6, 6.07) is 15.5. The lowest BCUT2D eigenvalue weighted by Crippen LogP contribution is -2.22. The van der Waals surface area contributed by atoms with Crippen molar-refractivity contribution in [1.82, 2.24) is 4.98 Å². The number of nitrogens with zero attached hydrogens (tertiary/aromatic N) is 1. The quantitative estimate of drug-likeness (QED) is 0.495. The molecule has 8 heteroatoms. The zero-order valence-corrected chi connectivity index (χ0v) is 16.7. The molecule has 0 unspecified atom stereocenters. The number of rotatable bonds is 5. The third-order valence-electron chi connectivity index (χ3n) is 5.24. The van der Waals surface area contributed by atoms with Gasteiger partial charge in [0, 0.05) is 23.0 Å². The molecular weight excluding hydrogens is 407 g/mol. The van der Waals surface area contributed by atoms with Crippen molar-refractivity contribution in [3.8, 4) is 11.5 Å². The standard InChI is InChI=1S/C23H22F3N3O2/c24-23(25,26)20-19(29-22(31-20)15-7-3-1-4-8-15)21(30)28-18-13-11-17(12-14-18)27-16-9-5-2-6-10-16/h1,3-4,7-8,11-14,16,27H,2,5-6,9-10H2,(H,28,30). The number of hydrogen-bond acceptors (Lipinski definition) is 4. The van der Waals surface area contributed by atoms with Gasteiger partial charge in [-0.1, -0.05) is 37.5 Å². The van der Waals surface area contributed by atoms with Gasteiger partial charge in [0.05, 0.1) is 0 Å². The molecule has 1 heterocycles. The number of benzene rings is 2. The summed E-state index contributed by atoms with van der Waals surface area (Å²) >= 11 is 0. The van der Waals surface area contributed by atoms with Gasteiger partial charge in [-0.15, -0.1) is 0 Å². The Labute approximate surface area is 177 Å². The molecule has 162 valence electrons. The highest BCUT2D eigenvalue weighted by Gasteiger charge is 2.42. The molecule has 1 aliphatic carbocycles. The van der Waals surface area contributed by atoms with E-state index in [-0.39, 0.29) is 5.89 Å². The van der Waals surface area contributed by atoms with Crippen LogP contribution in [0.1, 0.15) is 48.4 Å². The first-order valence-electron chi connectivity index (χ1n) is 10.2. The molecule has 4 rings (SSSR count). The fourth-order valence-electron chi connectivity index (χ4n) is 3.69. The number of carbonyl (C=O) groups is 1. The topological polar surface area (TPSA) is 67.2 Å². The second-order valence-corrected chi connectivity index (χ2v) is 7.57. The lowest BCUT2D eigenvalue weighted by Gasteiger charge is -2.23. The van der Waals surface area contributed by atoms with E-state index in [1.54, 1.807) is 54.6 Å². The van der Waals surface area contributed by atoms with E-state index < -0.39 is 23.5 Å². The van der Waals surface area contributed by atoms with Crippen LogP contribution in [0.3, 0.4) is 0 Å². The van der Waals surface area contributed by atoms with E-state index in [1.165, 1.54) is 19.3 Å². The van der Waals surface area contributed by atoms with Crippen molar-refractivity contribution >= 4 is 17.3 Å². The minimum Gasteiger partial charge on any atom is -0.431 e. The van der Waals surface area contributed by atoms with Crippen LogP contribution < -0.4 is 10.6 Å². The zero-order chi connectivity index (χ0) is 21.8. The van der Waals surface area contributed by atoms with Crippen molar-refractivity contribution in [2.24, 2.45) is 0 Å². The predicted octanol–water partition coefficient (Wildman–Crippen LogP) is 6.36. The molecule has 0 radical (unpaired) electrons. The van der Waals surface area contributed by atoms with Gasteiger partial charge in [-0.3, -0.25) is 4.79 Å². The maximum absolute atomic E-state index is 13.4. The molecule has 0 saturated heterocycles. The number of halogens is 3. The molecule has 1 aliphatic rings. The minimum absolute atomic E-state index is 0.259. The molecule has 1 fully saturated rings. The Balaban J connectivity index is 1.50. The lowest BCUT2D eigenvalue weighted by molar-refractivity contribution is -0.153. The number of alkyl halides is 3. The normalized spacial score (nSPS) is 14.9. The van der Waals surface area contributed by atoms with E-state index in [4.69, 9.17) is 4.42 Å². The Bertz CT molecular complexity index is 1020. The first-order valence-corrected chi connectivity index (χ1v) is 10.2. The highest BCUT2D eigenvalue weighted by molar-refractivity contribution is 6.04. The number of amides is 1. The summed E-state index contributed by atoms with van der Waals surface area (Å²) in [5, 5.41) is 5.93. The molecule has 1 saturated carbocycles. The Hall–Kier alpha value is -3.29. The van der Waals surface area contributed by atoms with E-state index in [2.05, 4.69) is 15.6 Å². The summed E-state index contributed by atoms with van der Waals surface area (Å²) in [7, 11) is 0. The summed E-state index contributed by atoms with van der Waals surface area (Å²) < 4.78 is 45.2. The first-order chi connectivity index (χ1) is 14.9. The lowest BCUT2D eigenvalue weighted by atomic mass is 9.95. The SMILES string of the molecule is O=C(Nc1ccc(NC2CCCCC2)cc1)c1nc(-c2ccccc2)oc1C(F)(F)F. The minimum atomic E-state index is -4.85. The van der Waals surface area contributed by atoms with Crippen LogP contribution in [-0.2, 0) is 6.18 Å². The first kappa shape index (κ1) is 21.0. The van der Waals surface area contributed by atoms with Gasteiger partial charge >= 0.3 is 6.18 Å². The van der Waals surface area contributed by atoms with Gasteiger partial charge in [0.15, 0.2) is 5.69 Å². The molecule has 0 atom stereocenters. The summed E-state index contributed by atoms with van der Waals surface area (Å²) in [5.41, 5.74) is 0.839. The monoisotopic (exact) mass is 429 g/mol. The van der Waals surface area contributed by atoms with Crippen molar-refractivity contribution in [3.05, 3.63) is 66.1 Å². The van der Waals surface area contributed by atoms with Gasteiger partial charge in [-0.25, -0.2) is 4.98 Å². The van der Waals surface area contributed by atoms with Crippen LogP contribution in [0, 0.1) is 0 Å². The van der Waals surface area contributed by atoms with Crippen LogP contribution in [0.25, 0.3) is 11.5 Å². The molecule has 1 amide bonds. The van der Waals surface area contributed by atoms with Gasteiger partial charge in [0.1, 0.15) is 0 Å². The van der Waals surface area contributed by atoms with Gasteiger partial charge in [-0.05, 0) is 49.2 Å². The van der Waals surface area contributed by atoms with Crippen molar-refractivity contribution in [3.63, 3.8) is 0 Å². The number of aromatic nitrogens is 1. The van der Waals surface area contributed by atoms with E-state index in [0.29, 0.717) is 17.3 Å². The van der Waals surface area contributed by atoms with E-state index in [0.717, 1.165) is 18.5 Å². The number of oxazole rings is 1. The molecule has 0 bridgehead atoms. The van der Waals surface area contributed by atoms with Crippen LogP contribution in [0.5, 0.6) is 0 Å². The molecule has 0 spiro atoms. The third kappa shape index (κ3) is 5.07. The highest BCUT2D eigenvalue weighted by atomic mass is 19.4. The largest absolute Gasteiger partial charge is 0.452 e. The smallest absolute Gasteiger partial charge is 0.431 e. The molecular formula is C23H22F3N3O2. The Morgan fingerprint density at radius 1 is 0.935 bits per heavy atom. The summed E-state index contributed by atoms with van der Waals surface area (Å²) in [6.07, 6.45) is 1.06. The summed E-state index contributed by atoms with van der Waals surface area (Å²) in [6.45, 7) is 0. The number of anilines is 2. The van der Waals surface area contributed by atoms with E-state index >= 15 is 0 Å². The van der Waals surface area contributed by atoms with Crippen LogP contribution in [-0.4, -0.2) is 16.9 Å². The van der Waals surface area contributed by atoms with Gasteiger partial charge in [-0.2, -0.15) is 13.2 Å². The number of carbonyl (C=O) groups excluding carboxylic acids is 1. The molecule has 3 aromatic rings. The van der Waals surface area contributed by atoms with Crippen LogP contribution >= 0.6 is 0 Å². The van der Waals surface area contributed by atoms with Crippen LogP contribution in [0.4, 0.5) is 24.5 Å². The molecule has 1 aromatic heterocycles. The fourth-order valence-corrected chi connectivity index (χ4v) is 3.69. The van der Waals surface area contributed by atoms with Crippen molar-refractivity contribution < 1.29 is 22.4 Å². The van der Waals surface area contributed by atoms with Crippen LogP contribution in [0.15, 0.2) is 59.0 Å². The maximum atomic E-state index is 13.4. The molecule has 0 aliphatic heterocycles. The van der Waals surface area contributed by atoms with Crippen molar-refractivity contribution in [2.75, 3.05) is 10.6 Å². The van der Waals surface area contributed by atoms with E-state index in [9.17, 15) is 18.0 Å². The third-order valence-corrected chi connectivity index (χ3v) is 5.24. The van der Waals surface area contributed by atoms with E-state index in [1.807, 2.05) is 0 Å². The summed E-state index contributed by atoms with van der Waals surface area (Å²) in [5.74, 6) is -2.66. The second kappa shape index (κ2) is 8.83. The predicted molar refractivity (Wildman–Crippen MR) is 112 cm³/mol. The Kier molecular flexibility index (Phi) is 5.97. The zero-order valence-electron chi connectivity index (χ0n) is 16.7. The Morgan fingerprint density at radius 2 is 1.58 bits per heavy atom. The highest BCUT2D eigenvalue weighted by Crippen LogP contribution is 2.35. The van der Waals surface area contributed by atoms with Gasteiger partial charge in [0.2, 0.25) is 11.7 Å². The number of hydrogen-bond donors (Lipinski definition) is 2. The molecule has 31 heavy (non-hydrogen) atoms. The maximum Gasteiger partial charge on any atom is 0.452 e. The number of nitrogens with one attached hydrogen (secondary N) is 2. The average molecular weight is 429 g/mol. The molecule has 5 nitrogen and oxygen atoms in total. The second-order valence-electron chi connectivity index (χ2n) is 7.57. The average Bonchev–Trinajstić information content (AvgIpc) is 3.23. The Morgan fingerprint density at radius 3 is 2.23 bits per heavy atom. The van der Waals surface area contributed by atoms with Crippen molar-refractivity contribution in [2.45, 2.75) is 44.3 Å². The molecule has 2 aromatic carbocycles. The van der Waals surface area contributed by atoms with Crippen molar-refractivity contribution in [1.29, 1.82) is 0 Å². The fraction of sp³-hybridized carbons (Fsp3) is 0.304.